The average molecular weight is 1080 g/mol. The van der Waals surface area contributed by atoms with Crippen LogP contribution in [0.25, 0.3) is 56.7 Å². The topological polar surface area (TPSA) is 0 Å². The van der Waals surface area contributed by atoms with Gasteiger partial charge in [-0.15, -0.1) is 24.8 Å². The second-order valence-electron chi connectivity index (χ2n) is 22.7. The smallest absolute Gasteiger partial charge is 0.147 e. The molecule has 0 fully saturated rings. The number of benzene rings is 8. The van der Waals surface area contributed by atoms with Crippen molar-refractivity contribution in [2.45, 2.75) is 97.6 Å². The average Bonchev–Trinajstić information content (AvgIpc) is 3.90. The van der Waals surface area contributed by atoms with E-state index in [-0.39, 0.29) is 24.8 Å². The van der Waals surface area contributed by atoms with Crippen LogP contribution in [0.2, 0.25) is 9.26 Å². The predicted octanol–water partition coefficient (Wildman–Crippen LogP) is 18.8. The molecule has 2 atom stereocenters. The van der Waals surface area contributed by atoms with Crippen LogP contribution >= 0.6 is 24.8 Å². The van der Waals surface area contributed by atoms with E-state index in [1.165, 1.54) is 111 Å². The number of halogens is 2. The van der Waals surface area contributed by atoms with Crippen LogP contribution in [0.15, 0.2) is 169 Å². The van der Waals surface area contributed by atoms with Crippen molar-refractivity contribution in [3.63, 3.8) is 0 Å². The quantitative estimate of drug-likeness (QED) is 0.107. The van der Waals surface area contributed by atoms with Gasteiger partial charge in [0.15, 0.2) is 0 Å². The Morgan fingerprint density at radius 2 is 0.611 bits per heavy atom. The van der Waals surface area contributed by atoms with Gasteiger partial charge < -0.3 is 0 Å². The monoisotopic (exact) mass is 1080 g/mol. The predicted molar refractivity (Wildman–Crippen MR) is 318 cm³/mol. The van der Waals surface area contributed by atoms with Gasteiger partial charge in [0.05, 0.1) is 0 Å². The van der Waals surface area contributed by atoms with E-state index in [1.807, 2.05) is 0 Å². The van der Waals surface area contributed by atoms with Crippen molar-refractivity contribution in [1.29, 1.82) is 0 Å². The fraction of sp³-hybridized carbons (Fsp3) is 0.235. The Morgan fingerprint density at radius 1 is 0.347 bits per heavy atom. The van der Waals surface area contributed by atoms with E-state index in [0.717, 1.165) is 25.7 Å². The van der Waals surface area contributed by atoms with Crippen molar-refractivity contribution in [2.75, 3.05) is 0 Å². The summed E-state index contributed by atoms with van der Waals surface area (Å²) in [7, 11) is 0. The molecule has 2 aliphatic rings. The summed E-state index contributed by atoms with van der Waals surface area (Å²) in [5, 5.41) is 0. The molecule has 0 bridgehead atoms. The number of hydrogen-bond donors (Lipinski definition) is 0. The Balaban J connectivity index is 0.00000347. The molecule has 8 aromatic carbocycles. The Morgan fingerprint density at radius 3 is 0.903 bits per heavy atom. The third kappa shape index (κ3) is 10.5. The van der Waals surface area contributed by atoms with Gasteiger partial charge in [0.2, 0.25) is 0 Å². The molecule has 0 heterocycles. The molecular formula is C68H72Cl2SiZr. The fourth-order valence-electron chi connectivity index (χ4n) is 13.3. The Bertz CT molecular complexity index is 3190. The Hall–Kier alpha value is -5.08. The zero-order valence-electron chi connectivity index (χ0n) is 44.2. The van der Waals surface area contributed by atoms with Gasteiger partial charge in [-0.1, -0.05) is 0 Å². The molecule has 0 radical (unpaired) electrons. The maximum atomic E-state index is 2.88. The number of hydrogen-bond acceptors (Lipinski definition) is 0. The van der Waals surface area contributed by atoms with Crippen molar-refractivity contribution in [3.05, 3.63) is 247 Å². The summed E-state index contributed by atoms with van der Waals surface area (Å²) in [5.74, 6) is 0. The molecule has 0 amide bonds. The number of aryl methyl sites for hydroxylation is 10. The molecule has 10 rings (SSSR count). The third-order valence-electron chi connectivity index (χ3n) is 15.7. The van der Waals surface area contributed by atoms with Crippen LogP contribution in [-0.4, -0.2) is 6.88 Å². The van der Waals surface area contributed by atoms with Crippen LogP contribution in [0.5, 0.6) is 0 Å². The Kier molecular flexibility index (Phi) is 15.5. The summed E-state index contributed by atoms with van der Waals surface area (Å²) in [6.45, 7) is 20.6. The third-order valence-corrected chi connectivity index (χ3v) is 33.1. The van der Waals surface area contributed by atoms with Gasteiger partial charge in [0, 0.05) is 0 Å². The van der Waals surface area contributed by atoms with Crippen molar-refractivity contribution < 1.29 is 17.4 Å². The summed E-state index contributed by atoms with van der Waals surface area (Å²) < 4.78 is 6.37. The molecule has 0 nitrogen and oxygen atoms in total. The van der Waals surface area contributed by atoms with Gasteiger partial charge in [-0.05, 0) is 0 Å². The molecule has 0 saturated heterocycles. The van der Waals surface area contributed by atoms with Crippen LogP contribution in [0, 0.1) is 55.4 Å². The van der Waals surface area contributed by atoms with Gasteiger partial charge in [-0.3, -0.25) is 0 Å². The van der Waals surface area contributed by atoms with E-state index in [2.05, 4.69) is 241 Å². The minimum atomic E-state index is -4.45. The minimum absolute atomic E-state index is 0. The number of allylic oxidation sites excluding steroid dienone is 2. The van der Waals surface area contributed by atoms with Gasteiger partial charge in [-0.2, -0.15) is 0 Å². The Labute approximate surface area is 446 Å². The first-order valence-corrected chi connectivity index (χ1v) is 39.4. The van der Waals surface area contributed by atoms with E-state index in [1.54, 1.807) is 22.3 Å². The van der Waals surface area contributed by atoms with Crippen LogP contribution in [0.3, 0.4) is 0 Å². The molecule has 0 aromatic heterocycles. The van der Waals surface area contributed by atoms with Gasteiger partial charge in [0.1, 0.15) is 0 Å². The van der Waals surface area contributed by atoms with Gasteiger partial charge >= 0.3 is 425 Å². The fourth-order valence-corrected chi connectivity index (χ4v) is 32.9. The van der Waals surface area contributed by atoms with Gasteiger partial charge in [0.25, 0.3) is 0 Å². The largest absolute Gasteiger partial charge is 0.147 e. The first-order chi connectivity index (χ1) is 33.5. The van der Waals surface area contributed by atoms with E-state index in [0.29, 0.717) is 7.25 Å². The van der Waals surface area contributed by atoms with Gasteiger partial charge in [-0.25, -0.2) is 0 Å². The normalized spacial score (nSPS) is 15.0. The molecule has 2 unspecified atom stereocenters. The van der Waals surface area contributed by atoms with Crippen LogP contribution in [0.4, 0.5) is 0 Å². The molecule has 4 heteroatoms. The minimum Gasteiger partial charge on any atom is -0.147 e. The summed E-state index contributed by atoms with van der Waals surface area (Å²) in [4.78, 5) is 0. The first kappa shape index (κ1) is 53.2. The van der Waals surface area contributed by atoms with E-state index < -0.39 is 17.4 Å². The van der Waals surface area contributed by atoms with Crippen molar-refractivity contribution in [2.24, 2.45) is 0 Å². The van der Waals surface area contributed by atoms with Crippen molar-refractivity contribution in [1.82, 2.24) is 0 Å². The molecule has 8 aromatic rings. The molecular weight excluding hydrogens is 1010 g/mol. The zero-order chi connectivity index (χ0) is 49.1. The molecule has 0 spiro atoms. The van der Waals surface area contributed by atoms with Crippen LogP contribution in [0.1, 0.15) is 98.0 Å². The first-order valence-electron chi connectivity index (χ1n) is 25.7. The molecule has 0 saturated carbocycles. The standard InChI is InChI=1S/2C33H31.2CH3.2ClH.H2Si.Zr/c2*1-22-14-23(2)17-28(16-22)30-12-13-31(29-18-24(3)15-25(4)19-29)33-21-27(20-32(30)33)11-10-26-8-6-5-7-9-26;;;;;;/h2*5-9,12-21H,10-11H2,1-4H3;2*1H3;2*1H;1H2;. The second-order valence-corrected chi connectivity index (χ2v) is 53.2. The van der Waals surface area contributed by atoms with Crippen LogP contribution < -0.4 is 0 Å². The zero-order valence-corrected chi connectivity index (χ0v) is 49.7. The summed E-state index contributed by atoms with van der Waals surface area (Å²) >= 11 is -4.45. The summed E-state index contributed by atoms with van der Waals surface area (Å²) in [5.41, 5.74) is 33.5. The van der Waals surface area contributed by atoms with Crippen molar-refractivity contribution >= 4 is 43.8 Å². The summed E-state index contributed by atoms with van der Waals surface area (Å²) in [6.07, 6.45) is 9.53. The molecule has 0 aliphatic heterocycles. The number of rotatable bonds is 12. The van der Waals surface area contributed by atoms with E-state index in [9.17, 15) is 0 Å². The number of fused-ring (bicyclic) bond motifs is 2. The summed E-state index contributed by atoms with van der Waals surface area (Å²) in [6, 6.07) is 61.3. The SMILES string of the molecule is Cc1cc(C)cc(-c2ccc(-c3cc(C)cc(C)c3)c3c2C=C(CCc2ccccc2)[CH]3[Zr]([CH3])([CH3])(=[SiH2])[CH]2C(CCc3ccccc3)=Cc3c(-c4cc(C)cc(C)c4)ccc(-c4cc(C)cc(C)c4)c32)c1.Cl.Cl. The molecule has 72 heavy (non-hydrogen) atoms. The van der Waals surface area contributed by atoms with Crippen LogP contribution in [-0.2, 0) is 30.2 Å². The molecule has 0 N–H and O–H groups in total. The van der Waals surface area contributed by atoms with Crippen molar-refractivity contribution in [3.8, 4) is 44.5 Å². The van der Waals surface area contributed by atoms with E-state index in [4.69, 9.17) is 0 Å². The maximum Gasteiger partial charge on any atom is -0.147 e. The maximum absolute atomic E-state index is 4.45. The van der Waals surface area contributed by atoms with E-state index >= 15 is 0 Å². The second kappa shape index (κ2) is 21.0. The molecule has 2 aliphatic carbocycles. The molecule has 366 valence electrons.